The summed E-state index contributed by atoms with van der Waals surface area (Å²) in [4.78, 5) is 12.3. The van der Waals surface area contributed by atoms with Crippen LogP contribution in [0.3, 0.4) is 0 Å². The summed E-state index contributed by atoms with van der Waals surface area (Å²) in [6, 6.07) is 4.06. The Bertz CT molecular complexity index is 450. The average molecular weight is 286 g/mol. The van der Waals surface area contributed by atoms with Crippen LogP contribution in [-0.2, 0) is 0 Å². The van der Waals surface area contributed by atoms with Gasteiger partial charge in [-0.1, -0.05) is 6.92 Å². The van der Waals surface area contributed by atoms with Gasteiger partial charge in [-0.3, -0.25) is 0 Å². The van der Waals surface area contributed by atoms with Crippen LogP contribution in [0.1, 0.15) is 20.3 Å². The Hall–Kier alpha value is -1.27. The number of amides is 2. The molecule has 0 unspecified atom stereocenters. The van der Waals surface area contributed by atoms with Crippen LogP contribution in [-0.4, -0.2) is 29.5 Å². The second-order valence-corrected chi connectivity index (χ2v) is 5.35. The lowest BCUT2D eigenvalue weighted by Crippen LogP contribution is -2.50. The van der Waals surface area contributed by atoms with Crippen molar-refractivity contribution >= 4 is 23.5 Å². The fourth-order valence-electron chi connectivity index (χ4n) is 1.42. The molecule has 4 nitrogen and oxygen atoms in total. The van der Waals surface area contributed by atoms with Crippen molar-refractivity contribution in [2.24, 2.45) is 0 Å². The van der Waals surface area contributed by atoms with Crippen molar-refractivity contribution in [2.45, 2.75) is 30.7 Å². The quantitative estimate of drug-likeness (QED) is 0.729. The Morgan fingerprint density at radius 1 is 1.53 bits per heavy atom. The number of anilines is 1. The van der Waals surface area contributed by atoms with Gasteiger partial charge in [0.05, 0.1) is 12.1 Å². The van der Waals surface area contributed by atoms with Crippen LogP contribution in [0.15, 0.2) is 23.1 Å². The first-order valence-electron chi connectivity index (χ1n) is 5.97. The van der Waals surface area contributed by atoms with Gasteiger partial charge in [0.15, 0.2) is 0 Å². The van der Waals surface area contributed by atoms with Crippen LogP contribution in [0.2, 0.25) is 0 Å². The van der Waals surface area contributed by atoms with Crippen LogP contribution < -0.4 is 10.6 Å². The molecule has 0 heterocycles. The number of hydrogen-bond donors (Lipinski definition) is 3. The Kier molecular flexibility index (Phi) is 5.62. The first-order chi connectivity index (χ1) is 8.94. The SMILES string of the molecule is CC[C@@](C)(CO)NC(=O)Nc1ccc(SC)c(F)c1. The number of aliphatic hydroxyl groups excluding tert-OH is 1. The summed E-state index contributed by atoms with van der Waals surface area (Å²) in [6.07, 6.45) is 2.38. The summed E-state index contributed by atoms with van der Waals surface area (Å²) in [5.41, 5.74) is -0.300. The van der Waals surface area contributed by atoms with Gasteiger partial charge in [0.1, 0.15) is 5.82 Å². The van der Waals surface area contributed by atoms with Crippen molar-refractivity contribution < 1.29 is 14.3 Å². The second-order valence-electron chi connectivity index (χ2n) is 4.50. The van der Waals surface area contributed by atoms with Crippen LogP contribution >= 0.6 is 11.8 Å². The highest BCUT2D eigenvalue weighted by atomic mass is 32.2. The molecule has 2 amide bonds. The number of thioether (sulfide) groups is 1. The lowest BCUT2D eigenvalue weighted by Gasteiger charge is -2.27. The first-order valence-corrected chi connectivity index (χ1v) is 7.20. The summed E-state index contributed by atoms with van der Waals surface area (Å²) in [5.74, 6) is -0.370. The number of rotatable bonds is 5. The Morgan fingerprint density at radius 3 is 2.68 bits per heavy atom. The van der Waals surface area contributed by atoms with Crippen molar-refractivity contribution in [3.05, 3.63) is 24.0 Å². The van der Waals surface area contributed by atoms with E-state index in [4.69, 9.17) is 0 Å². The van der Waals surface area contributed by atoms with Crippen LogP contribution in [0.5, 0.6) is 0 Å². The second kappa shape index (κ2) is 6.77. The van der Waals surface area contributed by atoms with E-state index in [1.807, 2.05) is 6.92 Å². The predicted octanol–water partition coefficient (Wildman–Crippen LogP) is 2.83. The molecule has 0 bridgehead atoms. The fourth-order valence-corrected chi connectivity index (χ4v) is 1.88. The molecule has 1 aromatic carbocycles. The highest BCUT2D eigenvalue weighted by Gasteiger charge is 2.23. The summed E-state index contributed by atoms with van der Waals surface area (Å²) >= 11 is 1.30. The van der Waals surface area contributed by atoms with Crippen molar-refractivity contribution in [1.29, 1.82) is 0 Å². The molecule has 0 spiro atoms. The Balaban J connectivity index is 2.70. The summed E-state index contributed by atoms with van der Waals surface area (Å²) < 4.78 is 13.5. The molecule has 0 fully saturated rings. The van der Waals surface area contributed by atoms with E-state index in [0.29, 0.717) is 17.0 Å². The highest BCUT2D eigenvalue weighted by Crippen LogP contribution is 2.22. The van der Waals surface area contributed by atoms with E-state index in [1.54, 1.807) is 25.3 Å². The number of urea groups is 1. The number of hydrogen-bond acceptors (Lipinski definition) is 3. The molecule has 0 aromatic heterocycles. The lowest BCUT2D eigenvalue weighted by atomic mass is 10.0. The van der Waals surface area contributed by atoms with E-state index in [0.717, 1.165) is 0 Å². The molecule has 0 radical (unpaired) electrons. The highest BCUT2D eigenvalue weighted by molar-refractivity contribution is 7.98. The van der Waals surface area contributed by atoms with Gasteiger partial charge in [-0.25, -0.2) is 9.18 Å². The molecule has 1 atom stereocenters. The van der Waals surface area contributed by atoms with Crippen molar-refractivity contribution in [1.82, 2.24) is 5.32 Å². The van der Waals surface area contributed by atoms with Crippen molar-refractivity contribution in [2.75, 3.05) is 18.2 Å². The molecule has 0 saturated heterocycles. The van der Waals surface area contributed by atoms with E-state index in [2.05, 4.69) is 10.6 Å². The number of carbonyl (C=O) groups excluding carboxylic acids is 1. The van der Waals surface area contributed by atoms with Gasteiger partial charge in [0, 0.05) is 10.6 Å². The third-order valence-electron chi connectivity index (χ3n) is 2.95. The van der Waals surface area contributed by atoms with Crippen LogP contribution in [0.4, 0.5) is 14.9 Å². The molecular weight excluding hydrogens is 267 g/mol. The van der Waals surface area contributed by atoms with Crippen LogP contribution in [0, 0.1) is 5.82 Å². The molecule has 0 saturated carbocycles. The number of nitrogens with one attached hydrogen (secondary N) is 2. The van der Waals surface area contributed by atoms with Crippen molar-refractivity contribution in [3.8, 4) is 0 Å². The smallest absolute Gasteiger partial charge is 0.319 e. The zero-order valence-corrected chi connectivity index (χ0v) is 12.1. The lowest BCUT2D eigenvalue weighted by molar-refractivity contribution is 0.172. The van der Waals surface area contributed by atoms with E-state index < -0.39 is 11.6 Å². The minimum Gasteiger partial charge on any atom is -0.394 e. The number of carbonyl (C=O) groups is 1. The topological polar surface area (TPSA) is 61.4 Å². The molecule has 0 aliphatic heterocycles. The maximum Gasteiger partial charge on any atom is 0.319 e. The standard InChI is InChI=1S/C13H19FN2O2S/c1-4-13(2,8-17)16-12(18)15-9-5-6-11(19-3)10(14)7-9/h5-7,17H,4,8H2,1-3H3,(H2,15,16,18)/t13-/m0/s1. The van der Waals surface area contributed by atoms with Crippen molar-refractivity contribution in [3.63, 3.8) is 0 Å². The monoisotopic (exact) mass is 286 g/mol. The molecule has 19 heavy (non-hydrogen) atoms. The summed E-state index contributed by atoms with van der Waals surface area (Å²) in [5, 5.41) is 14.4. The van der Waals surface area contributed by atoms with Gasteiger partial charge in [-0.05, 0) is 37.8 Å². The Morgan fingerprint density at radius 2 is 2.21 bits per heavy atom. The maximum absolute atomic E-state index is 13.5. The first kappa shape index (κ1) is 15.8. The summed E-state index contributed by atoms with van der Waals surface area (Å²) in [6.45, 7) is 3.45. The zero-order chi connectivity index (χ0) is 14.5. The van der Waals surface area contributed by atoms with Gasteiger partial charge in [0.25, 0.3) is 0 Å². The largest absolute Gasteiger partial charge is 0.394 e. The van der Waals surface area contributed by atoms with Gasteiger partial charge in [-0.2, -0.15) is 0 Å². The van der Waals surface area contributed by atoms with Gasteiger partial charge < -0.3 is 15.7 Å². The molecular formula is C13H19FN2O2S. The Labute approximate surface area is 116 Å². The summed E-state index contributed by atoms with van der Waals surface area (Å²) in [7, 11) is 0. The molecule has 1 rings (SSSR count). The number of benzene rings is 1. The molecule has 0 aliphatic carbocycles. The van der Waals surface area contributed by atoms with E-state index in [9.17, 15) is 14.3 Å². The van der Waals surface area contributed by atoms with E-state index >= 15 is 0 Å². The third kappa shape index (κ3) is 4.40. The molecule has 106 valence electrons. The van der Waals surface area contributed by atoms with E-state index in [-0.39, 0.29) is 12.4 Å². The minimum atomic E-state index is -0.679. The number of aliphatic hydroxyl groups is 1. The van der Waals surface area contributed by atoms with Crippen LogP contribution in [0.25, 0.3) is 0 Å². The maximum atomic E-state index is 13.5. The number of halogens is 1. The van der Waals surface area contributed by atoms with Gasteiger partial charge in [-0.15, -0.1) is 11.8 Å². The predicted molar refractivity (Wildman–Crippen MR) is 76.1 cm³/mol. The third-order valence-corrected chi connectivity index (χ3v) is 3.73. The molecule has 3 N–H and O–H groups in total. The molecule has 1 aromatic rings. The molecule has 0 aliphatic rings. The average Bonchev–Trinajstić information content (AvgIpc) is 2.38. The minimum absolute atomic E-state index is 0.156. The molecule has 6 heteroatoms. The van der Waals surface area contributed by atoms with E-state index in [1.165, 1.54) is 17.8 Å². The zero-order valence-electron chi connectivity index (χ0n) is 11.3. The fraction of sp³-hybridized carbons (Fsp3) is 0.462. The normalized spacial score (nSPS) is 13.7. The van der Waals surface area contributed by atoms with Gasteiger partial charge in [0.2, 0.25) is 0 Å². The van der Waals surface area contributed by atoms with Gasteiger partial charge >= 0.3 is 6.03 Å².